The molecule has 3 nitrogen and oxygen atoms in total. The number of aliphatic hydroxyl groups is 1. The monoisotopic (exact) mass is 296 g/mol. The number of hydrogen-bond acceptors (Lipinski definition) is 3. The van der Waals surface area contributed by atoms with Gasteiger partial charge in [0.25, 0.3) is 0 Å². The number of nitriles is 1. The molecule has 0 aromatic heterocycles. The molecule has 1 unspecified atom stereocenters. The van der Waals surface area contributed by atoms with E-state index in [0.29, 0.717) is 12.1 Å². The number of nitrogens with zero attached hydrogens (tertiary/aromatic N) is 2. The third-order valence-electron chi connectivity index (χ3n) is 4.29. The van der Waals surface area contributed by atoms with Crippen LogP contribution in [0.5, 0.6) is 0 Å². The maximum atomic E-state index is 10.3. The number of allylic oxidation sites excluding steroid dienone is 3. The maximum absolute atomic E-state index is 10.3. The lowest BCUT2D eigenvalue weighted by atomic mass is 9.82. The lowest BCUT2D eigenvalue weighted by Crippen LogP contribution is -2.49. The average molecular weight is 296 g/mol. The highest BCUT2D eigenvalue weighted by Gasteiger charge is 2.37. The van der Waals surface area contributed by atoms with Crippen molar-refractivity contribution in [2.45, 2.75) is 45.8 Å². The van der Waals surface area contributed by atoms with Gasteiger partial charge in [0.15, 0.2) is 0 Å². The second-order valence-corrected chi connectivity index (χ2v) is 6.80. The molecule has 22 heavy (non-hydrogen) atoms. The highest BCUT2D eigenvalue weighted by Crippen LogP contribution is 2.38. The van der Waals surface area contributed by atoms with E-state index in [1.807, 2.05) is 32.9 Å². The first-order chi connectivity index (χ1) is 10.2. The molecule has 0 amide bonds. The van der Waals surface area contributed by atoms with Crippen LogP contribution < -0.4 is 0 Å². The van der Waals surface area contributed by atoms with Crippen molar-refractivity contribution in [2.24, 2.45) is 0 Å². The molecule has 1 heterocycles. The van der Waals surface area contributed by atoms with Crippen molar-refractivity contribution in [3.63, 3.8) is 0 Å². The lowest BCUT2D eigenvalue weighted by molar-refractivity contribution is 0.0208. The van der Waals surface area contributed by atoms with E-state index in [9.17, 15) is 10.4 Å². The van der Waals surface area contributed by atoms with E-state index in [-0.39, 0.29) is 5.54 Å². The highest BCUT2D eigenvalue weighted by atomic mass is 16.3. The normalized spacial score (nSPS) is 21.5. The molecule has 1 atom stereocenters. The molecular weight excluding hydrogens is 272 g/mol. The Hall–Kier alpha value is -2.05. The molecule has 0 aliphatic carbocycles. The molecule has 0 saturated heterocycles. The zero-order valence-electron chi connectivity index (χ0n) is 14.0. The van der Waals surface area contributed by atoms with Gasteiger partial charge in [-0.2, -0.15) is 5.26 Å². The van der Waals surface area contributed by atoms with Crippen LogP contribution in [0.2, 0.25) is 0 Å². The van der Waals surface area contributed by atoms with E-state index in [2.05, 4.69) is 49.1 Å². The lowest BCUT2D eigenvalue weighted by Gasteiger charge is -2.46. The summed E-state index contributed by atoms with van der Waals surface area (Å²) in [6.07, 6.45) is 6.24. The summed E-state index contributed by atoms with van der Waals surface area (Å²) in [4.78, 5) is 2.20. The Morgan fingerprint density at radius 2 is 2.00 bits per heavy atom. The Morgan fingerprint density at radius 3 is 2.59 bits per heavy atom. The summed E-state index contributed by atoms with van der Waals surface area (Å²) >= 11 is 0. The minimum Gasteiger partial charge on any atom is -0.389 e. The zero-order valence-corrected chi connectivity index (χ0v) is 14.0. The van der Waals surface area contributed by atoms with Crippen LogP contribution in [0, 0.1) is 18.3 Å². The van der Waals surface area contributed by atoms with Gasteiger partial charge in [-0.1, -0.05) is 24.3 Å². The van der Waals surface area contributed by atoms with Crippen LogP contribution in [0.3, 0.4) is 0 Å². The number of hydrogen-bond donors (Lipinski definition) is 1. The molecule has 2 rings (SSSR count). The summed E-state index contributed by atoms with van der Waals surface area (Å²) in [5.74, 6) is 0. The van der Waals surface area contributed by atoms with Gasteiger partial charge in [0, 0.05) is 12.2 Å². The fraction of sp³-hybridized carbons (Fsp3) is 0.421. The van der Waals surface area contributed by atoms with Crippen LogP contribution in [0.4, 0.5) is 0 Å². The van der Waals surface area contributed by atoms with Crippen molar-refractivity contribution >= 4 is 0 Å². The molecule has 1 aromatic carbocycles. The minimum absolute atomic E-state index is 0.379. The largest absolute Gasteiger partial charge is 0.389 e. The van der Waals surface area contributed by atoms with Crippen LogP contribution in [0.25, 0.3) is 0 Å². The van der Waals surface area contributed by atoms with Crippen molar-refractivity contribution < 1.29 is 5.11 Å². The van der Waals surface area contributed by atoms with Gasteiger partial charge in [-0.15, -0.1) is 0 Å². The topological polar surface area (TPSA) is 47.3 Å². The number of benzene rings is 1. The van der Waals surface area contributed by atoms with E-state index >= 15 is 0 Å². The van der Waals surface area contributed by atoms with E-state index in [1.54, 1.807) is 0 Å². The number of rotatable bonds is 3. The Morgan fingerprint density at radius 1 is 1.32 bits per heavy atom. The van der Waals surface area contributed by atoms with Crippen molar-refractivity contribution in [3.8, 4) is 6.07 Å². The fourth-order valence-electron chi connectivity index (χ4n) is 3.14. The van der Waals surface area contributed by atoms with Gasteiger partial charge in [-0.05, 0) is 57.9 Å². The molecule has 0 radical (unpaired) electrons. The van der Waals surface area contributed by atoms with Crippen LogP contribution >= 0.6 is 0 Å². The third-order valence-corrected chi connectivity index (χ3v) is 4.29. The molecule has 0 spiro atoms. The maximum Gasteiger partial charge on any atom is 0.0994 e. The van der Waals surface area contributed by atoms with Gasteiger partial charge in [-0.25, -0.2) is 0 Å². The van der Waals surface area contributed by atoms with Crippen molar-refractivity contribution in [1.29, 1.82) is 5.26 Å². The Bertz CT molecular complexity index is 674. The van der Waals surface area contributed by atoms with Crippen LogP contribution in [-0.2, 0) is 5.54 Å². The van der Waals surface area contributed by atoms with Gasteiger partial charge in [-0.3, -0.25) is 0 Å². The fourth-order valence-corrected chi connectivity index (χ4v) is 3.14. The van der Waals surface area contributed by atoms with E-state index in [1.165, 1.54) is 0 Å². The molecule has 1 N–H and O–H groups in total. The Labute approximate surface area is 133 Å². The predicted octanol–water partition coefficient (Wildman–Crippen LogP) is 3.63. The molecule has 1 aromatic rings. The van der Waals surface area contributed by atoms with Gasteiger partial charge in [0.2, 0.25) is 0 Å². The first-order valence-electron chi connectivity index (χ1n) is 7.55. The molecule has 116 valence electrons. The average Bonchev–Trinajstić information content (AvgIpc) is 2.42. The second kappa shape index (κ2) is 5.62. The van der Waals surface area contributed by atoms with E-state index < -0.39 is 5.60 Å². The first-order valence-corrected chi connectivity index (χ1v) is 7.55. The van der Waals surface area contributed by atoms with E-state index in [0.717, 1.165) is 16.8 Å². The summed E-state index contributed by atoms with van der Waals surface area (Å²) < 4.78 is 0. The Balaban J connectivity index is 2.57. The van der Waals surface area contributed by atoms with Crippen molar-refractivity contribution in [2.75, 3.05) is 6.54 Å². The summed E-state index contributed by atoms with van der Waals surface area (Å²) in [5.41, 5.74) is 2.71. The van der Waals surface area contributed by atoms with Crippen molar-refractivity contribution in [1.82, 2.24) is 4.90 Å². The summed E-state index contributed by atoms with van der Waals surface area (Å²) in [7, 11) is 0. The minimum atomic E-state index is -0.803. The zero-order chi connectivity index (χ0) is 16.5. The van der Waals surface area contributed by atoms with E-state index in [4.69, 9.17) is 0 Å². The molecule has 0 fully saturated rings. The Kier molecular flexibility index (Phi) is 4.17. The second-order valence-electron chi connectivity index (χ2n) is 6.80. The summed E-state index contributed by atoms with van der Waals surface area (Å²) in [6, 6.07) is 8.10. The van der Waals surface area contributed by atoms with Crippen LogP contribution in [0.15, 0.2) is 42.1 Å². The molecule has 1 aliphatic heterocycles. The summed E-state index contributed by atoms with van der Waals surface area (Å²) in [6.45, 7) is 10.3. The smallest absolute Gasteiger partial charge is 0.0994 e. The van der Waals surface area contributed by atoms with Gasteiger partial charge in [0.1, 0.15) is 0 Å². The quantitative estimate of drug-likeness (QED) is 0.926. The predicted molar refractivity (Wildman–Crippen MR) is 89.1 cm³/mol. The molecule has 0 bridgehead atoms. The summed E-state index contributed by atoms with van der Waals surface area (Å²) in [5, 5.41) is 19.6. The molecular formula is C19H24N2O. The standard InChI is InChI=1S/C19H24N2O/c1-14-8-7-11-19(5,21(14)13-18(3,4)22)17-10-6-9-16(12-20)15(17)2/h6-11,22H,13H2,1-5H3. The van der Waals surface area contributed by atoms with Crippen LogP contribution in [0.1, 0.15) is 44.4 Å². The third kappa shape index (κ3) is 2.93. The highest BCUT2D eigenvalue weighted by molar-refractivity contribution is 5.48. The first kappa shape index (κ1) is 16.3. The molecule has 3 heteroatoms. The van der Waals surface area contributed by atoms with Crippen LogP contribution in [-0.4, -0.2) is 22.2 Å². The van der Waals surface area contributed by atoms with Gasteiger partial charge >= 0.3 is 0 Å². The molecule has 0 saturated carbocycles. The van der Waals surface area contributed by atoms with Crippen molar-refractivity contribution in [3.05, 3.63) is 58.8 Å². The number of β-amino-alcohol motifs (C(OH)–C–C–N with tert-alkyl or cyclic N) is 1. The molecule has 1 aliphatic rings. The van der Waals surface area contributed by atoms with Gasteiger partial charge < -0.3 is 10.0 Å². The van der Waals surface area contributed by atoms with Gasteiger partial charge in [0.05, 0.1) is 22.8 Å². The SMILES string of the molecule is CC1=CC=CC(C)(c2cccc(C#N)c2C)N1CC(C)(C)O.